The van der Waals surface area contributed by atoms with Crippen molar-refractivity contribution < 1.29 is 19.4 Å². The van der Waals surface area contributed by atoms with E-state index in [0.29, 0.717) is 18.8 Å². The minimum absolute atomic E-state index is 0.0796. The van der Waals surface area contributed by atoms with Crippen LogP contribution < -0.4 is 15.0 Å². The zero-order chi connectivity index (χ0) is 24.8. The van der Waals surface area contributed by atoms with Crippen molar-refractivity contribution in [3.63, 3.8) is 0 Å². The number of benzene rings is 3. The van der Waals surface area contributed by atoms with Crippen molar-refractivity contribution in [3.8, 4) is 11.5 Å². The molecule has 0 saturated heterocycles. The van der Waals surface area contributed by atoms with Crippen molar-refractivity contribution in [3.05, 3.63) is 77.9 Å². The number of ether oxygens (including phenoxy) is 2. The number of fused-ring (bicyclic) bond motifs is 1. The van der Waals surface area contributed by atoms with Crippen molar-refractivity contribution in [2.45, 2.75) is 58.7 Å². The summed E-state index contributed by atoms with van der Waals surface area (Å²) in [7, 11) is 0. The molecule has 0 saturated carbocycles. The molecular weight excluding hydrogens is 440 g/mol. The molecule has 0 aromatic heterocycles. The predicted octanol–water partition coefficient (Wildman–Crippen LogP) is 6.85. The minimum Gasteiger partial charge on any atom is -0.504 e. The molecule has 0 spiro atoms. The lowest BCUT2D eigenvalue weighted by atomic mass is 10.1. The van der Waals surface area contributed by atoms with Crippen LogP contribution in [-0.4, -0.2) is 23.8 Å². The van der Waals surface area contributed by atoms with Crippen molar-refractivity contribution in [2.75, 3.05) is 16.8 Å². The summed E-state index contributed by atoms with van der Waals surface area (Å²) in [6, 6.07) is 22.3. The summed E-state index contributed by atoms with van der Waals surface area (Å²) >= 11 is 0. The van der Waals surface area contributed by atoms with Crippen molar-refractivity contribution in [2.24, 2.45) is 0 Å². The van der Waals surface area contributed by atoms with E-state index in [1.807, 2.05) is 38.1 Å². The lowest BCUT2D eigenvalue weighted by molar-refractivity contribution is -0.147. The van der Waals surface area contributed by atoms with Gasteiger partial charge in [-0.2, -0.15) is 0 Å². The van der Waals surface area contributed by atoms with E-state index in [-0.39, 0.29) is 24.0 Å². The molecule has 0 amide bonds. The van der Waals surface area contributed by atoms with Gasteiger partial charge in [-0.3, -0.25) is 4.79 Å². The Morgan fingerprint density at radius 3 is 2.49 bits per heavy atom. The van der Waals surface area contributed by atoms with E-state index in [2.05, 4.69) is 53.5 Å². The molecule has 35 heavy (non-hydrogen) atoms. The highest BCUT2D eigenvalue weighted by Crippen LogP contribution is 2.49. The molecule has 0 radical (unpaired) electrons. The molecule has 1 heterocycles. The third-order valence-electron chi connectivity index (χ3n) is 5.96. The number of rotatable bonds is 10. The van der Waals surface area contributed by atoms with E-state index in [4.69, 9.17) is 9.47 Å². The van der Waals surface area contributed by atoms with Gasteiger partial charge in [-0.1, -0.05) is 48.0 Å². The highest BCUT2D eigenvalue weighted by Gasteiger charge is 2.32. The lowest BCUT2D eigenvalue weighted by Crippen LogP contribution is -2.23. The molecule has 6 heteroatoms. The topological polar surface area (TPSA) is 71.0 Å². The standard InChI is InChI=1S/C29H34N2O4/c1-20(2)35-28(33)12-8-5-9-17-34-27-19-25-24(18-26(27)32)30-29(22-10-6-4-7-11-22)31(25)23-15-13-21(3)14-16-23/h4,6-7,10-11,13-16,18-20,29-30,32H,5,8-9,12,17H2,1-3H3. The Labute approximate surface area is 207 Å². The van der Waals surface area contributed by atoms with Crippen LogP contribution in [0.15, 0.2) is 66.7 Å². The average molecular weight is 475 g/mol. The number of nitrogens with zero attached hydrogens (tertiary/aromatic N) is 1. The third kappa shape index (κ3) is 6.07. The van der Waals surface area contributed by atoms with Crippen LogP contribution >= 0.6 is 0 Å². The van der Waals surface area contributed by atoms with Gasteiger partial charge in [0, 0.05) is 24.2 Å². The summed E-state index contributed by atoms with van der Waals surface area (Å²) in [5.41, 5.74) is 5.19. The first-order valence-corrected chi connectivity index (χ1v) is 12.3. The second-order valence-corrected chi connectivity index (χ2v) is 9.20. The molecule has 1 unspecified atom stereocenters. The second kappa shape index (κ2) is 11.2. The number of hydrogen-bond donors (Lipinski definition) is 2. The van der Waals surface area contributed by atoms with E-state index in [9.17, 15) is 9.90 Å². The van der Waals surface area contributed by atoms with E-state index in [1.54, 1.807) is 6.07 Å². The van der Waals surface area contributed by atoms with Crippen LogP contribution in [0.25, 0.3) is 0 Å². The molecule has 3 aromatic carbocycles. The first kappa shape index (κ1) is 24.5. The van der Waals surface area contributed by atoms with E-state index >= 15 is 0 Å². The maximum absolute atomic E-state index is 11.7. The Bertz CT molecular complexity index is 1130. The molecule has 184 valence electrons. The Kier molecular flexibility index (Phi) is 7.80. The molecule has 3 aromatic rings. The van der Waals surface area contributed by atoms with Crippen molar-refractivity contribution in [1.82, 2.24) is 0 Å². The fourth-order valence-corrected chi connectivity index (χ4v) is 4.25. The number of esters is 1. The summed E-state index contributed by atoms with van der Waals surface area (Å²) in [5, 5.41) is 14.2. The number of carbonyl (C=O) groups excluding carboxylic acids is 1. The Balaban J connectivity index is 1.46. The Hall–Kier alpha value is -3.67. The number of phenolic OH excluding ortho intramolecular Hbond substituents is 1. The molecule has 1 aliphatic rings. The van der Waals surface area contributed by atoms with E-state index < -0.39 is 0 Å². The van der Waals surface area contributed by atoms with Gasteiger partial charge in [0.25, 0.3) is 0 Å². The fourth-order valence-electron chi connectivity index (χ4n) is 4.25. The summed E-state index contributed by atoms with van der Waals surface area (Å²) in [6.07, 6.45) is 2.64. The summed E-state index contributed by atoms with van der Waals surface area (Å²) in [6.45, 7) is 6.25. The molecule has 1 atom stereocenters. The van der Waals surface area contributed by atoms with Crippen LogP contribution in [0, 0.1) is 6.92 Å². The van der Waals surface area contributed by atoms with Crippen LogP contribution in [0.3, 0.4) is 0 Å². The van der Waals surface area contributed by atoms with Crippen molar-refractivity contribution >= 4 is 23.0 Å². The van der Waals surface area contributed by atoms with Gasteiger partial charge in [-0.25, -0.2) is 0 Å². The van der Waals surface area contributed by atoms with Gasteiger partial charge in [0.15, 0.2) is 11.5 Å². The summed E-state index contributed by atoms with van der Waals surface area (Å²) in [4.78, 5) is 13.9. The molecule has 6 nitrogen and oxygen atoms in total. The fraction of sp³-hybridized carbons (Fsp3) is 0.345. The quantitative estimate of drug-likeness (QED) is 0.247. The average Bonchev–Trinajstić information content (AvgIpc) is 3.20. The van der Waals surface area contributed by atoms with E-state index in [0.717, 1.165) is 41.9 Å². The monoisotopic (exact) mass is 474 g/mol. The van der Waals surface area contributed by atoms with Crippen molar-refractivity contribution in [1.29, 1.82) is 0 Å². The molecule has 0 bridgehead atoms. The zero-order valence-electron chi connectivity index (χ0n) is 20.7. The third-order valence-corrected chi connectivity index (χ3v) is 5.96. The van der Waals surface area contributed by atoms with Gasteiger partial charge in [0.1, 0.15) is 6.17 Å². The zero-order valence-corrected chi connectivity index (χ0v) is 20.7. The number of carbonyl (C=O) groups is 1. The van der Waals surface area contributed by atoms with Gasteiger partial charge < -0.3 is 24.8 Å². The van der Waals surface area contributed by atoms with Crippen LogP contribution in [-0.2, 0) is 9.53 Å². The minimum atomic E-state index is -0.158. The number of nitrogens with one attached hydrogen (secondary N) is 1. The van der Waals surface area contributed by atoms with Crippen LogP contribution in [0.4, 0.5) is 17.1 Å². The van der Waals surface area contributed by atoms with E-state index in [1.165, 1.54) is 5.56 Å². The lowest BCUT2D eigenvalue weighted by Gasteiger charge is -2.27. The van der Waals surface area contributed by atoms with Gasteiger partial charge in [-0.05, 0) is 57.7 Å². The number of aryl methyl sites for hydroxylation is 1. The maximum Gasteiger partial charge on any atom is 0.306 e. The van der Waals surface area contributed by atoms with Crippen LogP contribution in [0.2, 0.25) is 0 Å². The summed E-state index contributed by atoms with van der Waals surface area (Å²) in [5.74, 6) is 0.402. The first-order valence-electron chi connectivity index (χ1n) is 12.3. The smallest absolute Gasteiger partial charge is 0.306 e. The molecule has 4 rings (SSSR count). The number of phenols is 1. The highest BCUT2D eigenvalue weighted by atomic mass is 16.5. The highest BCUT2D eigenvalue weighted by molar-refractivity contribution is 5.85. The number of unbranched alkanes of at least 4 members (excludes halogenated alkanes) is 2. The summed E-state index contributed by atoms with van der Waals surface area (Å²) < 4.78 is 11.1. The second-order valence-electron chi connectivity index (χ2n) is 9.20. The van der Waals surface area contributed by atoms with Gasteiger partial charge in [-0.15, -0.1) is 0 Å². The number of anilines is 3. The van der Waals surface area contributed by atoms with Gasteiger partial charge in [0.05, 0.1) is 24.1 Å². The molecule has 0 aliphatic carbocycles. The Morgan fingerprint density at radius 2 is 1.77 bits per heavy atom. The number of aromatic hydroxyl groups is 1. The molecular formula is C29H34N2O4. The van der Waals surface area contributed by atoms with Crippen LogP contribution in [0.5, 0.6) is 11.5 Å². The maximum atomic E-state index is 11.7. The van der Waals surface area contributed by atoms with Gasteiger partial charge in [0.2, 0.25) is 0 Å². The largest absolute Gasteiger partial charge is 0.504 e. The Morgan fingerprint density at radius 1 is 1.03 bits per heavy atom. The molecule has 2 N–H and O–H groups in total. The van der Waals surface area contributed by atoms with Gasteiger partial charge >= 0.3 is 5.97 Å². The number of hydrogen-bond acceptors (Lipinski definition) is 6. The first-order chi connectivity index (χ1) is 16.9. The normalized spacial score (nSPS) is 14.5. The molecule has 1 aliphatic heterocycles. The molecule has 0 fully saturated rings. The SMILES string of the molecule is Cc1ccc(N2c3cc(OCCCCCC(=O)OC(C)C)c(O)cc3NC2c2ccccc2)cc1. The predicted molar refractivity (Wildman–Crippen MR) is 139 cm³/mol. The van der Waals surface area contributed by atoms with Crippen LogP contribution in [0.1, 0.15) is 56.8 Å².